The van der Waals surface area contributed by atoms with Crippen LogP contribution in [-0.4, -0.2) is 24.9 Å². The van der Waals surface area contributed by atoms with Crippen LogP contribution >= 0.6 is 11.8 Å². The van der Waals surface area contributed by atoms with Crippen molar-refractivity contribution >= 4 is 23.4 Å². The summed E-state index contributed by atoms with van der Waals surface area (Å²) in [7, 11) is 0. The molecule has 25 heavy (non-hydrogen) atoms. The van der Waals surface area contributed by atoms with E-state index in [-0.39, 0.29) is 5.91 Å². The van der Waals surface area contributed by atoms with Gasteiger partial charge in [0.25, 0.3) is 0 Å². The predicted molar refractivity (Wildman–Crippen MR) is 102 cm³/mol. The van der Waals surface area contributed by atoms with E-state index in [1.54, 1.807) is 11.8 Å². The third-order valence-corrected chi connectivity index (χ3v) is 5.32. The summed E-state index contributed by atoms with van der Waals surface area (Å²) in [5, 5.41) is 2.94. The summed E-state index contributed by atoms with van der Waals surface area (Å²) in [5.74, 6) is 1.77. The van der Waals surface area contributed by atoms with E-state index in [1.165, 1.54) is 21.6 Å². The largest absolute Gasteiger partial charge is 0.490 e. The topological polar surface area (TPSA) is 47.6 Å². The minimum absolute atomic E-state index is 0.0288. The van der Waals surface area contributed by atoms with Gasteiger partial charge in [0.1, 0.15) is 0 Å². The van der Waals surface area contributed by atoms with Gasteiger partial charge >= 0.3 is 0 Å². The molecule has 1 aliphatic rings. The normalized spacial score (nSPS) is 13.2. The average molecular weight is 357 g/mol. The monoisotopic (exact) mass is 357 g/mol. The lowest BCUT2D eigenvalue weighted by Crippen LogP contribution is -2.14. The zero-order valence-corrected chi connectivity index (χ0v) is 15.7. The van der Waals surface area contributed by atoms with Crippen LogP contribution in [0.25, 0.3) is 0 Å². The highest BCUT2D eigenvalue weighted by Gasteiger charge is 2.13. The van der Waals surface area contributed by atoms with E-state index in [9.17, 15) is 4.79 Å². The van der Waals surface area contributed by atoms with Gasteiger partial charge in [-0.3, -0.25) is 4.79 Å². The van der Waals surface area contributed by atoms with Crippen molar-refractivity contribution in [3.05, 3.63) is 47.0 Å². The Balaban J connectivity index is 1.62. The van der Waals surface area contributed by atoms with Crippen molar-refractivity contribution in [3.63, 3.8) is 0 Å². The molecule has 4 nitrogen and oxygen atoms in total. The Morgan fingerprint density at radius 2 is 1.72 bits per heavy atom. The molecule has 1 N–H and O–H groups in total. The zero-order valence-electron chi connectivity index (χ0n) is 14.8. The Kier molecular flexibility index (Phi) is 5.53. The van der Waals surface area contributed by atoms with E-state index < -0.39 is 0 Å². The molecular weight excluding hydrogens is 334 g/mol. The third-order valence-electron chi connectivity index (χ3n) is 3.98. The zero-order chi connectivity index (χ0) is 17.8. The molecular formula is C20H23NO3S. The van der Waals surface area contributed by atoms with Gasteiger partial charge in [0, 0.05) is 23.1 Å². The summed E-state index contributed by atoms with van der Waals surface area (Å²) < 4.78 is 11.3. The van der Waals surface area contributed by atoms with Crippen molar-refractivity contribution < 1.29 is 14.3 Å². The number of benzene rings is 2. The second-order valence-corrected chi connectivity index (χ2v) is 7.26. The Morgan fingerprint density at radius 1 is 1.04 bits per heavy atom. The molecule has 2 aromatic rings. The first kappa shape index (κ1) is 17.7. The molecule has 1 heterocycles. The molecule has 132 valence electrons. The first-order valence-corrected chi connectivity index (χ1v) is 9.41. The highest BCUT2D eigenvalue weighted by molar-refractivity contribution is 8.00. The van der Waals surface area contributed by atoms with Crippen LogP contribution in [0.2, 0.25) is 0 Å². The molecule has 0 saturated heterocycles. The molecule has 0 aromatic heterocycles. The van der Waals surface area contributed by atoms with Gasteiger partial charge in [-0.2, -0.15) is 0 Å². The fourth-order valence-corrected chi connectivity index (χ4v) is 3.89. The summed E-state index contributed by atoms with van der Waals surface area (Å²) in [6, 6.07) is 9.82. The van der Waals surface area contributed by atoms with Crippen molar-refractivity contribution in [2.75, 3.05) is 24.3 Å². The maximum atomic E-state index is 12.3. The molecule has 0 radical (unpaired) electrons. The standard InChI is InChI=1S/C20H23NO3S/c1-13-9-14(2)20(15(3)10-13)25-12-19(22)21-16-5-6-17-18(11-16)24-8-4-7-23-17/h5-6,9-11H,4,7-8,12H2,1-3H3,(H,21,22). The van der Waals surface area contributed by atoms with Crippen molar-refractivity contribution in [1.29, 1.82) is 0 Å². The maximum Gasteiger partial charge on any atom is 0.234 e. The number of ether oxygens (including phenoxy) is 2. The Hall–Kier alpha value is -2.14. The second-order valence-electron chi connectivity index (χ2n) is 6.28. The van der Waals surface area contributed by atoms with Crippen LogP contribution in [0.4, 0.5) is 5.69 Å². The number of hydrogen-bond acceptors (Lipinski definition) is 4. The number of hydrogen-bond donors (Lipinski definition) is 1. The van der Waals surface area contributed by atoms with Crippen LogP contribution in [0.3, 0.4) is 0 Å². The molecule has 3 rings (SSSR count). The lowest BCUT2D eigenvalue weighted by molar-refractivity contribution is -0.113. The smallest absolute Gasteiger partial charge is 0.234 e. The third kappa shape index (κ3) is 4.48. The molecule has 0 aliphatic carbocycles. The molecule has 0 bridgehead atoms. The summed E-state index contributed by atoms with van der Waals surface area (Å²) in [6.07, 6.45) is 0.863. The van der Waals surface area contributed by atoms with Crippen molar-refractivity contribution in [2.45, 2.75) is 32.1 Å². The average Bonchev–Trinajstić information content (AvgIpc) is 2.78. The van der Waals surface area contributed by atoms with Crippen LogP contribution in [0.5, 0.6) is 11.5 Å². The molecule has 1 aliphatic heterocycles. The van der Waals surface area contributed by atoms with E-state index in [1.807, 2.05) is 18.2 Å². The molecule has 0 atom stereocenters. The van der Waals surface area contributed by atoms with Crippen LogP contribution in [0, 0.1) is 20.8 Å². The second kappa shape index (κ2) is 7.83. The lowest BCUT2D eigenvalue weighted by Gasteiger charge is -2.12. The van der Waals surface area contributed by atoms with E-state index in [4.69, 9.17) is 9.47 Å². The predicted octanol–water partition coefficient (Wildman–Crippen LogP) is 4.50. The van der Waals surface area contributed by atoms with Crippen LogP contribution < -0.4 is 14.8 Å². The van der Waals surface area contributed by atoms with E-state index >= 15 is 0 Å². The lowest BCUT2D eigenvalue weighted by atomic mass is 10.1. The minimum atomic E-state index is -0.0288. The highest BCUT2D eigenvalue weighted by Crippen LogP contribution is 2.32. The maximum absolute atomic E-state index is 12.3. The fraction of sp³-hybridized carbons (Fsp3) is 0.350. The van der Waals surface area contributed by atoms with Gasteiger partial charge in [-0.05, 0) is 44.0 Å². The van der Waals surface area contributed by atoms with Crippen LogP contribution in [0.15, 0.2) is 35.2 Å². The van der Waals surface area contributed by atoms with Gasteiger partial charge in [-0.1, -0.05) is 17.7 Å². The Bertz CT molecular complexity index is 766. The first-order valence-electron chi connectivity index (χ1n) is 8.43. The number of carbonyl (C=O) groups is 1. The SMILES string of the molecule is Cc1cc(C)c(SCC(=O)Nc2ccc3c(c2)OCCCO3)c(C)c1. The van der Waals surface area contributed by atoms with Gasteiger partial charge in [0.05, 0.1) is 19.0 Å². The first-order chi connectivity index (χ1) is 12.0. The van der Waals surface area contributed by atoms with Crippen molar-refractivity contribution in [1.82, 2.24) is 0 Å². The minimum Gasteiger partial charge on any atom is -0.490 e. The summed E-state index contributed by atoms with van der Waals surface area (Å²) >= 11 is 1.57. The molecule has 1 amide bonds. The van der Waals surface area contributed by atoms with E-state index in [0.29, 0.717) is 24.7 Å². The number of rotatable bonds is 4. The summed E-state index contributed by atoms with van der Waals surface area (Å²) in [4.78, 5) is 13.5. The molecule has 5 heteroatoms. The van der Waals surface area contributed by atoms with Gasteiger partial charge in [-0.15, -0.1) is 11.8 Å². The number of aryl methyl sites for hydroxylation is 3. The number of nitrogens with one attached hydrogen (secondary N) is 1. The Labute approximate surface area is 152 Å². The van der Waals surface area contributed by atoms with Crippen molar-refractivity contribution in [2.24, 2.45) is 0 Å². The van der Waals surface area contributed by atoms with Gasteiger partial charge in [0.2, 0.25) is 5.91 Å². The van der Waals surface area contributed by atoms with Gasteiger partial charge < -0.3 is 14.8 Å². The van der Waals surface area contributed by atoms with Crippen LogP contribution in [0.1, 0.15) is 23.1 Å². The number of thioether (sulfide) groups is 1. The highest BCUT2D eigenvalue weighted by atomic mass is 32.2. The fourth-order valence-electron chi connectivity index (χ4n) is 2.97. The van der Waals surface area contributed by atoms with Crippen molar-refractivity contribution in [3.8, 4) is 11.5 Å². The number of amides is 1. The van der Waals surface area contributed by atoms with Gasteiger partial charge in [0.15, 0.2) is 11.5 Å². The summed E-state index contributed by atoms with van der Waals surface area (Å²) in [5.41, 5.74) is 4.40. The number of carbonyl (C=O) groups excluding carboxylic acids is 1. The molecule has 0 unspecified atom stereocenters. The van der Waals surface area contributed by atoms with Crippen LogP contribution in [-0.2, 0) is 4.79 Å². The van der Waals surface area contributed by atoms with E-state index in [2.05, 4.69) is 38.2 Å². The number of fused-ring (bicyclic) bond motifs is 1. The number of anilines is 1. The summed E-state index contributed by atoms with van der Waals surface area (Å²) in [6.45, 7) is 7.55. The van der Waals surface area contributed by atoms with Gasteiger partial charge in [-0.25, -0.2) is 0 Å². The molecule has 0 spiro atoms. The molecule has 2 aromatic carbocycles. The quantitative estimate of drug-likeness (QED) is 0.818. The Morgan fingerprint density at radius 3 is 2.44 bits per heavy atom. The molecule has 0 fully saturated rings. The van der Waals surface area contributed by atoms with E-state index in [0.717, 1.165) is 17.9 Å². The molecule has 0 saturated carbocycles.